The molecule has 0 atom stereocenters. The van der Waals surface area contributed by atoms with Crippen LogP contribution in [-0.2, 0) is 19.5 Å². The average Bonchev–Trinajstić information content (AvgIpc) is 2.77. The fraction of sp³-hybridized carbons (Fsp3) is 0.182. The molecule has 0 bridgehead atoms. The second-order valence-corrected chi connectivity index (χ2v) is 7.12. The molecule has 1 aliphatic heterocycles. The normalized spacial score (nSPS) is 14.1. The van der Waals surface area contributed by atoms with Gasteiger partial charge in [0.2, 0.25) is 0 Å². The van der Waals surface area contributed by atoms with Crippen LogP contribution in [-0.4, -0.2) is 26.4 Å². The molecule has 0 radical (unpaired) electrons. The summed E-state index contributed by atoms with van der Waals surface area (Å²) in [6, 6.07) is 10.9. The molecule has 0 aliphatic carbocycles. The second kappa shape index (κ2) is 7.10. The predicted octanol–water partition coefficient (Wildman–Crippen LogP) is 2.50. The van der Waals surface area contributed by atoms with Gasteiger partial charge >= 0.3 is 0 Å². The lowest BCUT2D eigenvalue weighted by atomic mass is 10.1. The van der Waals surface area contributed by atoms with Gasteiger partial charge < -0.3 is 9.40 Å². The van der Waals surface area contributed by atoms with Crippen molar-refractivity contribution in [1.29, 1.82) is 0 Å². The Morgan fingerprint density at radius 3 is 2.79 bits per heavy atom. The lowest BCUT2D eigenvalue weighted by molar-refractivity contribution is 0.239. The first-order valence-electron chi connectivity index (χ1n) is 9.43. The predicted molar refractivity (Wildman–Crippen MR) is 108 cm³/mol. The SMILES string of the molecule is O=c1[nH]c(-c2ccncc2)nc2c1CN(Cc1coc3ccccc3c1=O)CC2. The van der Waals surface area contributed by atoms with Crippen LogP contribution in [0.1, 0.15) is 16.8 Å². The van der Waals surface area contributed by atoms with Gasteiger partial charge in [-0.05, 0) is 24.3 Å². The van der Waals surface area contributed by atoms with E-state index in [9.17, 15) is 9.59 Å². The Kier molecular flexibility index (Phi) is 4.29. The summed E-state index contributed by atoms with van der Waals surface area (Å²) in [4.78, 5) is 39.0. The molecule has 0 amide bonds. The maximum Gasteiger partial charge on any atom is 0.255 e. The zero-order chi connectivity index (χ0) is 19.8. The minimum atomic E-state index is -0.142. The van der Waals surface area contributed by atoms with E-state index in [4.69, 9.17) is 4.42 Å². The zero-order valence-electron chi connectivity index (χ0n) is 15.6. The molecule has 1 aromatic carbocycles. The lowest BCUT2D eigenvalue weighted by Gasteiger charge is -2.27. The summed E-state index contributed by atoms with van der Waals surface area (Å²) < 4.78 is 5.61. The van der Waals surface area contributed by atoms with Gasteiger partial charge in [0.05, 0.1) is 22.9 Å². The quantitative estimate of drug-likeness (QED) is 0.582. The van der Waals surface area contributed by atoms with Crippen LogP contribution >= 0.6 is 0 Å². The number of fused-ring (bicyclic) bond motifs is 2. The third-order valence-corrected chi connectivity index (χ3v) is 5.25. The van der Waals surface area contributed by atoms with E-state index in [0.717, 1.165) is 11.3 Å². The maximum atomic E-state index is 12.7. The largest absolute Gasteiger partial charge is 0.464 e. The van der Waals surface area contributed by atoms with Gasteiger partial charge in [-0.25, -0.2) is 4.98 Å². The molecule has 1 aliphatic rings. The molecule has 0 saturated heterocycles. The smallest absolute Gasteiger partial charge is 0.255 e. The molecule has 5 rings (SSSR count). The van der Waals surface area contributed by atoms with Gasteiger partial charge in [-0.3, -0.25) is 19.5 Å². The number of nitrogens with one attached hydrogen (secondary N) is 1. The van der Waals surface area contributed by atoms with Crippen molar-refractivity contribution in [2.45, 2.75) is 19.5 Å². The number of aromatic nitrogens is 3. The number of rotatable bonds is 3. The van der Waals surface area contributed by atoms with Crippen molar-refractivity contribution in [1.82, 2.24) is 19.9 Å². The number of hydrogen-bond donors (Lipinski definition) is 1. The van der Waals surface area contributed by atoms with Crippen LogP contribution in [0.3, 0.4) is 0 Å². The molecule has 29 heavy (non-hydrogen) atoms. The van der Waals surface area contributed by atoms with E-state index in [1.54, 1.807) is 24.5 Å². The standard InChI is InChI=1S/C22H18N4O3/c27-20-15(13-29-19-4-2-1-3-16(19)20)11-26-10-7-18-17(12-26)22(28)25-21(24-18)14-5-8-23-9-6-14/h1-6,8-9,13H,7,10-12H2,(H,24,25,28). The Morgan fingerprint density at radius 2 is 1.93 bits per heavy atom. The van der Waals surface area contributed by atoms with Gasteiger partial charge in [0, 0.05) is 49.6 Å². The van der Waals surface area contributed by atoms with Gasteiger partial charge in [-0.2, -0.15) is 0 Å². The van der Waals surface area contributed by atoms with E-state index in [-0.39, 0.29) is 11.0 Å². The Bertz CT molecular complexity index is 1310. The molecule has 7 nitrogen and oxygen atoms in total. The molecular weight excluding hydrogens is 368 g/mol. The van der Waals surface area contributed by atoms with E-state index >= 15 is 0 Å². The fourth-order valence-corrected chi connectivity index (χ4v) is 3.73. The van der Waals surface area contributed by atoms with E-state index in [2.05, 4.69) is 19.9 Å². The van der Waals surface area contributed by atoms with Crippen LogP contribution in [0.4, 0.5) is 0 Å². The van der Waals surface area contributed by atoms with Gasteiger partial charge in [0.1, 0.15) is 11.4 Å². The summed E-state index contributed by atoms with van der Waals surface area (Å²) in [5, 5.41) is 0.573. The zero-order valence-corrected chi connectivity index (χ0v) is 15.6. The lowest BCUT2D eigenvalue weighted by Crippen LogP contribution is -2.36. The highest BCUT2D eigenvalue weighted by Crippen LogP contribution is 2.20. The maximum absolute atomic E-state index is 12.7. The number of aromatic amines is 1. The first kappa shape index (κ1) is 17.5. The van der Waals surface area contributed by atoms with Crippen LogP contribution in [0.15, 0.2) is 69.1 Å². The number of benzene rings is 1. The number of para-hydroxylation sites is 1. The van der Waals surface area contributed by atoms with Crippen LogP contribution < -0.4 is 11.0 Å². The summed E-state index contributed by atoms with van der Waals surface area (Å²) in [7, 11) is 0. The van der Waals surface area contributed by atoms with Crippen molar-refractivity contribution in [3.63, 3.8) is 0 Å². The fourth-order valence-electron chi connectivity index (χ4n) is 3.73. The van der Waals surface area contributed by atoms with Crippen molar-refractivity contribution in [3.05, 3.63) is 92.5 Å². The molecule has 4 aromatic rings. The average molecular weight is 386 g/mol. The third kappa shape index (κ3) is 3.25. The molecule has 0 saturated carbocycles. The van der Waals surface area contributed by atoms with Crippen molar-refractivity contribution >= 4 is 11.0 Å². The molecular formula is C22H18N4O3. The molecule has 0 unspecified atom stereocenters. The summed E-state index contributed by atoms with van der Waals surface area (Å²) in [6.07, 6.45) is 5.52. The molecule has 4 heterocycles. The van der Waals surface area contributed by atoms with E-state index in [0.29, 0.717) is 54.0 Å². The highest BCUT2D eigenvalue weighted by molar-refractivity contribution is 5.76. The first-order chi connectivity index (χ1) is 14.2. The third-order valence-electron chi connectivity index (χ3n) is 5.25. The highest BCUT2D eigenvalue weighted by atomic mass is 16.3. The van der Waals surface area contributed by atoms with Crippen LogP contribution in [0, 0.1) is 0 Å². The van der Waals surface area contributed by atoms with Crippen molar-refractivity contribution in [2.75, 3.05) is 6.54 Å². The Balaban J connectivity index is 1.43. The molecule has 3 aromatic heterocycles. The number of nitrogens with zero attached hydrogens (tertiary/aromatic N) is 3. The monoisotopic (exact) mass is 386 g/mol. The van der Waals surface area contributed by atoms with Crippen LogP contribution in [0.2, 0.25) is 0 Å². The van der Waals surface area contributed by atoms with Crippen molar-refractivity contribution < 1.29 is 4.42 Å². The van der Waals surface area contributed by atoms with Crippen molar-refractivity contribution in [2.24, 2.45) is 0 Å². The second-order valence-electron chi connectivity index (χ2n) is 7.12. The Labute approximate surface area is 165 Å². The summed E-state index contributed by atoms with van der Waals surface area (Å²) in [5.41, 5.74) is 3.28. The summed E-state index contributed by atoms with van der Waals surface area (Å²) in [6.45, 7) is 1.59. The van der Waals surface area contributed by atoms with Gasteiger partial charge in [0.25, 0.3) is 5.56 Å². The molecule has 0 spiro atoms. The molecule has 0 fully saturated rings. The van der Waals surface area contributed by atoms with Gasteiger partial charge in [-0.1, -0.05) is 12.1 Å². The Hall–Kier alpha value is -3.58. The minimum absolute atomic E-state index is 0.0299. The van der Waals surface area contributed by atoms with Crippen LogP contribution in [0.5, 0.6) is 0 Å². The topological polar surface area (TPSA) is 92.1 Å². The van der Waals surface area contributed by atoms with Crippen molar-refractivity contribution in [3.8, 4) is 11.4 Å². The number of H-pyrrole nitrogens is 1. The van der Waals surface area contributed by atoms with Gasteiger partial charge in [0.15, 0.2) is 5.43 Å². The van der Waals surface area contributed by atoms with Gasteiger partial charge in [-0.15, -0.1) is 0 Å². The Morgan fingerprint density at radius 1 is 1.10 bits per heavy atom. The van der Waals surface area contributed by atoms with E-state index < -0.39 is 0 Å². The molecule has 7 heteroatoms. The van der Waals surface area contributed by atoms with Crippen LogP contribution in [0.25, 0.3) is 22.4 Å². The number of pyridine rings is 1. The summed E-state index contributed by atoms with van der Waals surface area (Å²) >= 11 is 0. The minimum Gasteiger partial charge on any atom is -0.464 e. The summed E-state index contributed by atoms with van der Waals surface area (Å²) in [5.74, 6) is 0.555. The number of hydrogen-bond acceptors (Lipinski definition) is 6. The molecule has 144 valence electrons. The van der Waals surface area contributed by atoms with E-state index in [1.165, 1.54) is 6.26 Å². The molecule has 1 N–H and O–H groups in total. The highest BCUT2D eigenvalue weighted by Gasteiger charge is 2.22. The first-order valence-corrected chi connectivity index (χ1v) is 9.43. The van der Waals surface area contributed by atoms with E-state index in [1.807, 2.05) is 24.3 Å².